The molecule has 0 aliphatic carbocycles. The number of esters is 1. The highest BCUT2D eigenvalue weighted by molar-refractivity contribution is 5.75. The van der Waals surface area contributed by atoms with E-state index < -0.39 is 12.0 Å². The number of benzene rings is 1. The summed E-state index contributed by atoms with van der Waals surface area (Å²) in [7, 11) is 1.30. The summed E-state index contributed by atoms with van der Waals surface area (Å²) < 4.78 is 10.0. The average Bonchev–Trinajstić information content (AvgIpc) is 2.86. The molecule has 2 rings (SSSR count). The Morgan fingerprint density at radius 2 is 2.44 bits per heavy atom. The number of fused-ring (bicyclic) bond motifs is 1. The Morgan fingerprint density at radius 1 is 1.61 bits per heavy atom. The largest absolute Gasteiger partial charge is 0.493 e. The number of hydrogen-bond donors (Lipinski definition) is 2. The van der Waals surface area contributed by atoms with E-state index in [2.05, 4.69) is 16.1 Å². The highest BCUT2D eigenvalue weighted by Gasteiger charge is 2.17. The van der Waals surface area contributed by atoms with Crippen molar-refractivity contribution >= 4 is 5.97 Å². The Hall–Kier alpha value is -1.59. The fourth-order valence-corrected chi connectivity index (χ4v) is 1.96. The van der Waals surface area contributed by atoms with Crippen LogP contribution < -0.4 is 10.1 Å². The van der Waals surface area contributed by atoms with E-state index in [0.717, 1.165) is 24.3 Å². The molecule has 1 aromatic rings. The Kier molecular flexibility index (Phi) is 4.17. The Labute approximate surface area is 106 Å². The molecular formula is C13H17NO4. The van der Waals surface area contributed by atoms with Gasteiger partial charge in [-0.25, -0.2) is 0 Å². The zero-order valence-electron chi connectivity index (χ0n) is 10.3. The number of carbonyl (C=O) groups is 1. The lowest BCUT2D eigenvalue weighted by molar-refractivity contribution is -0.144. The van der Waals surface area contributed by atoms with Crippen LogP contribution in [0.1, 0.15) is 11.1 Å². The molecule has 0 bridgehead atoms. The van der Waals surface area contributed by atoms with Gasteiger partial charge >= 0.3 is 5.97 Å². The summed E-state index contributed by atoms with van der Waals surface area (Å²) in [6, 6.07) is 5.26. The maximum atomic E-state index is 11.3. The van der Waals surface area contributed by atoms with Gasteiger partial charge < -0.3 is 14.6 Å². The lowest BCUT2D eigenvalue weighted by Gasteiger charge is -2.14. The lowest BCUT2D eigenvalue weighted by atomic mass is 10.1. The predicted octanol–water partition coefficient (Wildman–Crippen LogP) is 0.245. The summed E-state index contributed by atoms with van der Waals surface area (Å²) in [4.78, 5) is 11.3. The van der Waals surface area contributed by atoms with Gasteiger partial charge in [-0.2, -0.15) is 0 Å². The van der Waals surface area contributed by atoms with Crippen LogP contribution >= 0.6 is 0 Å². The van der Waals surface area contributed by atoms with E-state index in [9.17, 15) is 4.79 Å². The van der Waals surface area contributed by atoms with Crippen LogP contribution in [0.3, 0.4) is 0 Å². The first kappa shape index (κ1) is 12.9. The molecule has 1 aliphatic heterocycles. The molecular weight excluding hydrogens is 234 g/mol. The Bertz CT molecular complexity index is 433. The number of nitrogens with one attached hydrogen (secondary N) is 1. The number of aliphatic hydroxyl groups is 1. The number of rotatable bonds is 5. The first-order chi connectivity index (χ1) is 8.74. The molecule has 0 aromatic heterocycles. The lowest BCUT2D eigenvalue weighted by Crippen LogP contribution is -2.40. The third-order valence-corrected chi connectivity index (χ3v) is 2.97. The van der Waals surface area contributed by atoms with E-state index >= 15 is 0 Å². The molecule has 98 valence electrons. The maximum Gasteiger partial charge on any atom is 0.325 e. The number of carbonyl (C=O) groups excluding carboxylic acids is 1. The highest BCUT2D eigenvalue weighted by atomic mass is 16.5. The molecule has 0 amide bonds. The van der Waals surface area contributed by atoms with Crippen LogP contribution in [0.25, 0.3) is 0 Å². The fourth-order valence-electron chi connectivity index (χ4n) is 1.96. The van der Waals surface area contributed by atoms with Crippen LogP contribution in [-0.2, 0) is 22.5 Å². The second-order valence-electron chi connectivity index (χ2n) is 4.18. The molecule has 1 atom stereocenters. The number of aliphatic hydroxyl groups excluding tert-OH is 1. The average molecular weight is 251 g/mol. The molecule has 18 heavy (non-hydrogen) atoms. The van der Waals surface area contributed by atoms with E-state index in [-0.39, 0.29) is 6.61 Å². The van der Waals surface area contributed by atoms with Gasteiger partial charge in [0.2, 0.25) is 0 Å². The smallest absolute Gasteiger partial charge is 0.325 e. The van der Waals surface area contributed by atoms with Crippen molar-refractivity contribution < 1.29 is 19.4 Å². The molecule has 0 spiro atoms. The molecule has 0 saturated carbocycles. The van der Waals surface area contributed by atoms with Gasteiger partial charge in [0.05, 0.1) is 20.3 Å². The van der Waals surface area contributed by atoms with Crippen LogP contribution in [-0.4, -0.2) is 37.4 Å². The van der Waals surface area contributed by atoms with Gasteiger partial charge in [0.25, 0.3) is 0 Å². The molecule has 0 fully saturated rings. The van der Waals surface area contributed by atoms with Crippen LogP contribution in [0.5, 0.6) is 5.75 Å². The third kappa shape index (κ3) is 2.80. The Balaban J connectivity index is 1.95. The van der Waals surface area contributed by atoms with Crippen molar-refractivity contribution in [1.82, 2.24) is 5.32 Å². The predicted molar refractivity (Wildman–Crippen MR) is 65.4 cm³/mol. The number of ether oxygens (including phenoxy) is 2. The van der Waals surface area contributed by atoms with Crippen molar-refractivity contribution in [3.63, 3.8) is 0 Å². The van der Waals surface area contributed by atoms with E-state index in [1.54, 1.807) is 0 Å². The van der Waals surface area contributed by atoms with Gasteiger partial charge in [-0.3, -0.25) is 10.1 Å². The SMILES string of the molecule is COC(=O)[C@H](CO)NCc1ccc2c(c1)CCO2. The molecule has 2 N–H and O–H groups in total. The molecule has 0 saturated heterocycles. The minimum atomic E-state index is -0.681. The standard InChI is InChI=1S/C13H17NO4/c1-17-13(16)11(8-15)14-7-9-2-3-12-10(6-9)4-5-18-12/h2-3,6,11,14-15H,4-5,7-8H2,1H3/t11-/m0/s1. The Morgan fingerprint density at radius 3 is 3.17 bits per heavy atom. The van der Waals surface area contributed by atoms with Crippen molar-refractivity contribution in [3.8, 4) is 5.75 Å². The fraction of sp³-hybridized carbons (Fsp3) is 0.462. The summed E-state index contributed by atoms with van der Waals surface area (Å²) in [6.07, 6.45) is 0.920. The second-order valence-corrected chi connectivity index (χ2v) is 4.18. The molecule has 0 radical (unpaired) electrons. The van der Waals surface area contributed by atoms with Gasteiger partial charge in [-0.05, 0) is 17.2 Å². The zero-order chi connectivity index (χ0) is 13.0. The van der Waals surface area contributed by atoms with Gasteiger partial charge in [0, 0.05) is 13.0 Å². The maximum absolute atomic E-state index is 11.3. The third-order valence-electron chi connectivity index (χ3n) is 2.97. The van der Waals surface area contributed by atoms with Gasteiger partial charge in [-0.1, -0.05) is 12.1 Å². The summed E-state index contributed by atoms with van der Waals surface area (Å²) >= 11 is 0. The van der Waals surface area contributed by atoms with Crippen LogP contribution in [0, 0.1) is 0 Å². The first-order valence-corrected chi connectivity index (χ1v) is 5.91. The van der Waals surface area contributed by atoms with Crippen LogP contribution in [0.4, 0.5) is 0 Å². The van der Waals surface area contributed by atoms with Crippen molar-refractivity contribution in [3.05, 3.63) is 29.3 Å². The molecule has 5 heteroatoms. The van der Waals surface area contributed by atoms with Crippen molar-refractivity contribution in [2.45, 2.75) is 19.0 Å². The number of hydrogen-bond acceptors (Lipinski definition) is 5. The molecule has 0 unspecified atom stereocenters. The van der Waals surface area contributed by atoms with Gasteiger partial charge in [0.1, 0.15) is 11.8 Å². The van der Waals surface area contributed by atoms with Crippen molar-refractivity contribution in [2.75, 3.05) is 20.3 Å². The van der Waals surface area contributed by atoms with Gasteiger partial charge in [-0.15, -0.1) is 0 Å². The van der Waals surface area contributed by atoms with Crippen LogP contribution in [0.15, 0.2) is 18.2 Å². The zero-order valence-corrected chi connectivity index (χ0v) is 10.3. The minimum Gasteiger partial charge on any atom is -0.493 e. The van der Waals surface area contributed by atoms with E-state index in [1.165, 1.54) is 12.7 Å². The molecule has 5 nitrogen and oxygen atoms in total. The normalized spacial score (nSPS) is 14.8. The molecule has 1 aliphatic rings. The topological polar surface area (TPSA) is 67.8 Å². The summed E-state index contributed by atoms with van der Waals surface area (Å²) in [5.41, 5.74) is 2.24. The minimum absolute atomic E-state index is 0.277. The monoisotopic (exact) mass is 251 g/mol. The van der Waals surface area contributed by atoms with E-state index in [1.807, 2.05) is 12.1 Å². The van der Waals surface area contributed by atoms with Crippen molar-refractivity contribution in [2.24, 2.45) is 0 Å². The quantitative estimate of drug-likeness (QED) is 0.734. The van der Waals surface area contributed by atoms with E-state index in [0.29, 0.717) is 6.54 Å². The summed E-state index contributed by atoms with van der Waals surface area (Å²) in [5.74, 6) is 0.479. The highest BCUT2D eigenvalue weighted by Crippen LogP contribution is 2.25. The van der Waals surface area contributed by atoms with Crippen molar-refractivity contribution in [1.29, 1.82) is 0 Å². The second kappa shape index (κ2) is 5.84. The number of methoxy groups -OCH3 is 1. The summed E-state index contributed by atoms with van der Waals surface area (Å²) in [6.45, 7) is 0.960. The van der Waals surface area contributed by atoms with Crippen LogP contribution in [0.2, 0.25) is 0 Å². The first-order valence-electron chi connectivity index (χ1n) is 5.91. The molecule has 1 aromatic carbocycles. The summed E-state index contributed by atoms with van der Waals surface area (Å²) in [5, 5.41) is 12.0. The molecule has 1 heterocycles. The van der Waals surface area contributed by atoms with Gasteiger partial charge in [0.15, 0.2) is 0 Å². The van der Waals surface area contributed by atoms with E-state index in [4.69, 9.17) is 9.84 Å².